The van der Waals surface area contributed by atoms with Crippen LogP contribution in [0.5, 0.6) is 0 Å². The average Bonchev–Trinajstić information content (AvgIpc) is 2.83. The highest BCUT2D eigenvalue weighted by Gasteiger charge is 2.26. The van der Waals surface area contributed by atoms with Crippen molar-refractivity contribution in [2.24, 2.45) is 0 Å². The van der Waals surface area contributed by atoms with Gasteiger partial charge in [0, 0.05) is 29.4 Å². The summed E-state index contributed by atoms with van der Waals surface area (Å²) in [5, 5.41) is 7.61. The van der Waals surface area contributed by atoms with Crippen LogP contribution in [0.3, 0.4) is 0 Å². The van der Waals surface area contributed by atoms with Crippen molar-refractivity contribution in [2.45, 2.75) is 26.3 Å². The predicted molar refractivity (Wildman–Crippen MR) is 73.6 cm³/mol. The zero-order valence-corrected chi connectivity index (χ0v) is 11.1. The van der Waals surface area contributed by atoms with E-state index in [2.05, 4.69) is 28.9 Å². The van der Waals surface area contributed by atoms with Crippen LogP contribution in [0.1, 0.15) is 19.4 Å². The van der Waals surface area contributed by atoms with Gasteiger partial charge in [-0.3, -0.25) is 0 Å². The lowest BCUT2D eigenvalue weighted by Crippen LogP contribution is -2.28. The van der Waals surface area contributed by atoms with Gasteiger partial charge in [0.05, 0.1) is 12.4 Å². The maximum atomic E-state index is 14.2. The molecule has 0 saturated carbocycles. The third-order valence-corrected chi connectivity index (χ3v) is 3.65. The number of fused-ring (bicyclic) bond motifs is 1. The molecule has 0 bridgehead atoms. The summed E-state index contributed by atoms with van der Waals surface area (Å²) in [6, 6.07) is 5.67. The Kier molecular flexibility index (Phi) is 2.93. The van der Waals surface area contributed by atoms with Crippen molar-refractivity contribution >= 4 is 5.69 Å². The van der Waals surface area contributed by atoms with Gasteiger partial charge in [-0.1, -0.05) is 0 Å². The number of anilines is 1. The van der Waals surface area contributed by atoms with Crippen LogP contribution in [0.2, 0.25) is 0 Å². The third kappa shape index (κ3) is 1.97. The second-order valence-corrected chi connectivity index (χ2v) is 5.09. The monoisotopic (exact) mass is 257 g/mol. The molecule has 0 spiro atoms. The average molecular weight is 257 g/mol. The molecule has 98 valence electrons. The first-order valence-corrected chi connectivity index (χ1v) is 6.53. The molecule has 1 aromatic carbocycles. The number of rotatable bonds is 2. The predicted octanol–water partition coefficient (Wildman–Crippen LogP) is 3.05. The number of benzene rings is 1. The maximum absolute atomic E-state index is 14.2. The van der Waals surface area contributed by atoms with E-state index in [0.717, 1.165) is 29.8 Å². The first-order chi connectivity index (χ1) is 9.18. The molecule has 0 atom stereocenters. The SMILES string of the molecule is CC(C)N1CCc2c1ccc(F)c2-c1ccnnc1. The molecule has 0 amide bonds. The Hall–Kier alpha value is -1.97. The lowest BCUT2D eigenvalue weighted by molar-refractivity contribution is 0.630. The fourth-order valence-corrected chi connectivity index (χ4v) is 2.77. The second kappa shape index (κ2) is 4.61. The largest absolute Gasteiger partial charge is 0.369 e. The molecule has 1 aromatic heterocycles. The van der Waals surface area contributed by atoms with Crippen molar-refractivity contribution in [1.82, 2.24) is 10.2 Å². The molecule has 2 aromatic rings. The molecule has 0 fully saturated rings. The lowest BCUT2D eigenvalue weighted by Gasteiger charge is -2.24. The Morgan fingerprint density at radius 2 is 2.05 bits per heavy atom. The smallest absolute Gasteiger partial charge is 0.131 e. The minimum Gasteiger partial charge on any atom is -0.369 e. The highest BCUT2D eigenvalue weighted by molar-refractivity contribution is 5.76. The van der Waals surface area contributed by atoms with Crippen molar-refractivity contribution in [2.75, 3.05) is 11.4 Å². The van der Waals surface area contributed by atoms with Crippen LogP contribution in [-0.2, 0) is 6.42 Å². The third-order valence-electron chi connectivity index (χ3n) is 3.65. The van der Waals surface area contributed by atoms with Crippen LogP contribution in [0.4, 0.5) is 10.1 Å². The summed E-state index contributed by atoms with van der Waals surface area (Å²) in [6.07, 6.45) is 4.10. The highest BCUT2D eigenvalue weighted by atomic mass is 19.1. The van der Waals surface area contributed by atoms with Crippen molar-refractivity contribution in [3.05, 3.63) is 42.0 Å². The molecule has 4 heteroatoms. The zero-order valence-electron chi connectivity index (χ0n) is 11.1. The maximum Gasteiger partial charge on any atom is 0.131 e. The Labute approximate surface area is 112 Å². The van der Waals surface area contributed by atoms with Crippen molar-refractivity contribution < 1.29 is 4.39 Å². The zero-order chi connectivity index (χ0) is 13.4. The Bertz CT molecular complexity index is 596. The summed E-state index contributed by atoms with van der Waals surface area (Å²) in [7, 11) is 0. The number of hydrogen-bond donors (Lipinski definition) is 0. The van der Waals surface area contributed by atoms with E-state index in [9.17, 15) is 4.39 Å². The van der Waals surface area contributed by atoms with E-state index in [-0.39, 0.29) is 5.82 Å². The fraction of sp³-hybridized carbons (Fsp3) is 0.333. The van der Waals surface area contributed by atoms with Gasteiger partial charge >= 0.3 is 0 Å². The number of hydrogen-bond acceptors (Lipinski definition) is 3. The van der Waals surface area contributed by atoms with E-state index in [1.54, 1.807) is 18.5 Å². The molecule has 3 nitrogen and oxygen atoms in total. The van der Waals surface area contributed by atoms with Crippen LogP contribution >= 0.6 is 0 Å². The first-order valence-electron chi connectivity index (χ1n) is 6.53. The van der Waals surface area contributed by atoms with Crippen LogP contribution in [0, 0.1) is 5.82 Å². The minimum atomic E-state index is -0.183. The molecular formula is C15H16FN3. The van der Waals surface area contributed by atoms with E-state index in [0.29, 0.717) is 11.6 Å². The van der Waals surface area contributed by atoms with Crippen LogP contribution in [-0.4, -0.2) is 22.8 Å². The van der Waals surface area contributed by atoms with Gasteiger partial charge < -0.3 is 4.90 Å². The second-order valence-electron chi connectivity index (χ2n) is 5.09. The summed E-state index contributed by atoms with van der Waals surface area (Å²) < 4.78 is 14.2. The normalized spacial score (nSPS) is 14.0. The summed E-state index contributed by atoms with van der Waals surface area (Å²) in [5.41, 5.74) is 3.70. The van der Waals surface area contributed by atoms with Gasteiger partial charge in [-0.2, -0.15) is 10.2 Å². The van der Waals surface area contributed by atoms with E-state index in [1.807, 2.05) is 12.1 Å². The molecule has 0 saturated heterocycles. The number of nitrogens with zero attached hydrogens (tertiary/aromatic N) is 3. The van der Waals surface area contributed by atoms with Gasteiger partial charge in [-0.25, -0.2) is 4.39 Å². The molecule has 1 aliphatic heterocycles. The highest BCUT2D eigenvalue weighted by Crippen LogP contribution is 2.38. The fourth-order valence-electron chi connectivity index (χ4n) is 2.77. The molecule has 19 heavy (non-hydrogen) atoms. The molecule has 3 rings (SSSR count). The van der Waals surface area contributed by atoms with Gasteiger partial charge in [0.15, 0.2) is 0 Å². The summed E-state index contributed by atoms with van der Waals surface area (Å²) in [4.78, 5) is 2.31. The summed E-state index contributed by atoms with van der Waals surface area (Å²) >= 11 is 0. The Morgan fingerprint density at radius 3 is 2.74 bits per heavy atom. The lowest BCUT2D eigenvalue weighted by atomic mass is 9.99. The van der Waals surface area contributed by atoms with Crippen LogP contribution in [0.25, 0.3) is 11.1 Å². The molecular weight excluding hydrogens is 241 g/mol. The van der Waals surface area contributed by atoms with Gasteiger partial charge in [0.2, 0.25) is 0 Å². The number of aromatic nitrogens is 2. The van der Waals surface area contributed by atoms with E-state index in [4.69, 9.17) is 0 Å². The number of halogens is 1. The molecule has 0 N–H and O–H groups in total. The first kappa shape index (κ1) is 12.1. The molecule has 2 heterocycles. The van der Waals surface area contributed by atoms with Gasteiger partial charge in [0.25, 0.3) is 0 Å². The van der Waals surface area contributed by atoms with Crippen molar-refractivity contribution in [3.63, 3.8) is 0 Å². The summed E-state index contributed by atoms with van der Waals surface area (Å²) in [5.74, 6) is -0.183. The van der Waals surface area contributed by atoms with Gasteiger partial charge in [0.1, 0.15) is 5.82 Å². The summed E-state index contributed by atoms with van der Waals surface area (Å²) in [6.45, 7) is 5.26. The standard InChI is InChI=1S/C15H16FN3/c1-10(2)19-8-6-12-14(19)4-3-13(16)15(12)11-5-7-17-18-9-11/h3-5,7,9-10H,6,8H2,1-2H3. The van der Waals surface area contributed by atoms with Crippen LogP contribution < -0.4 is 4.90 Å². The van der Waals surface area contributed by atoms with Crippen molar-refractivity contribution in [1.29, 1.82) is 0 Å². The Balaban J connectivity index is 2.17. The topological polar surface area (TPSA) is 29.0 Å². The van der Waals surface area contributed by atoms with E-state index in [1.165, 1.54) is 0 Å². The molecule has 0 unspecified atom stereocenters. The molecule has 0 aliphatic carbocycles. The molecule has 1 aliphatic rings. The Morgan fingerprint density at radius 1 is 1.21 bits per heavy atom. The van der Waals surface area contributed by atoms with Gasteiger partial charge in [-0.05, 0) is 44.0 Å². The van der Waals surface area contributed by atoms with Crippen molar-refractivity contribution in [3.8, 4) is 11.1 Å². The van der Waals surface area contributed by atoms with E-state index >= 15 is 0 Å². The van der Waals surface area contributed by atoms with Gasteiger partial charge in [-0.15, -0.1) is 0 Å². The minimum absolute atomic E-state index is 0.183. The van der Waals surface area contributed by atoms with Crippen LogP contribution in [0.15, 0.2) is 30.6 Å². The quantitative estimate of drug-likeness (QED) is 0.828. The molecule has 0 radical (unpaired) electrons. The van der Waals surface area contributed by atoms with E-state index < -0.39 is 0 Å².